The molecular formula is C11H11N3O6S. The van der Waals surface area contributed by atoms with Crippen molar-refractivity contribution in [2.24, 2.45) is 0 Å². The molecule has 2 saturated heterocycles. The number of benzene rings is 1. The van der Waals surface area contributed by atoms with Crippen LogP contribution in [0.25, 0.3) is 0 Å². The molecule has 0 spiro atoms. The van der Waals surface area contributed by atoms with Gasteiger partial charge in [0.15, 0.2) is 9.84 Å². The van der Waals surface area contributed by atoms with Crippen molar-refractivity contribution in [1.82, 2.24) is 5.32 Å². The van der Waals surface area contributed by atoms with Gasteiger partial charge in [0.25, 0.3) is 5.69 Å². The van der Waals surface area contributed by atoms with Crippen molar-refractivity contribution in [2.75, 3.05) is 16.4 Å². The second-order valence-corrected chi connectivity index (χ2v) is 7.15. The number of urea groups is 1. The molecule has 112 valence electrons. The molecule has 9 nitrogen and oxygen atoms in total. The zero-order chi connectivity index (χ0) is 15.4. The minimum absolute atomic E-state index is 0.0581. The van der Waals surface area contributed by atoms with E-state index >= 15 is 0 Å². The molecular weight excluding hydrogens is 302 g/mol. The number of rotatable bonds is 2. The normalized spacial score (nSPS) is 26.5. The van der Waals surface area contributed by atoms with Crippen LogP contribution >= 0.6 is 0 Å². The topological polar surface area (TPSA) is 130 Å². The van der Waals surface area contributed by atoms with Gasteiger partial charge in [-0.2, -0.15) is 0 Å². The molecule has 2 amide bonds. The van der Waals surface area contributed by atoms with E-state index in [4.69, 9.17) is 0 Å². The van der Waals surface area contributed by atoms with Crippen LogP contribution < -0.4 is 10.2 Å². The van der Waals surface area contributed by atoms with Crippen molar-refractivity contribution in [3.63, 3.8) is 0 Å². The minimum Gasteiger partial charge on any atom is -0.505 e. The van der Waals surface area contributed by atoms with Gasteiger partial charge in [0.2, 0.25) is 0 Å². The fourth-order valence-electron chi connectivity index (χ4n) is 2.72. The number of phenols is 1. The highest BCUT2D eigenvalue weighted by Crippen LogP contribution is 2.36. The van der Waals surface area contributed by atoms with Crippen molar-refractivity contribution in [1.29, 1.82) is 0 Å². The lowest BCUT2D eigenvalue weighted by Gasteiger charge is -2.21. The molecule has 1 aromatic rings. The Bertz CT molecular complexity index is 746. The molecule has 21 heavy (non-hydrogen) atoms. The number of aromatic hydroxyl groups is 1. The van der Waals surface area contributed by atoms with Gasteiger partial charge in [-0.1, -0.05) is 0 Å². The van der Waals surface area contributed by atoms with E-state index in [0.29, 0.717) is 0 Å². The van der Waals surface area contributed by atoms with E-state index in [1.807, 2.05) is 0 Å². The predicted octanol–water partition coefficient (Wildman–Crippen LogP) is -0.00440. The Morgan fingerprint density at radius 1 is 1.38 bits per heavy atom. The highest BCUT2D eigenvalue weighted by Gasteiger charge is 2.49. The summed E-state index contributed by atoms with van der Waals surface area (Å²) in [5.74, 6) is -0.787. The quantitative estimate of drug-likeness (QED) is 0.449. The van der Waals surface area contributed by atoms with E-state index in [0.717, 1.165) is 17.0 Å². The lowest BCUT2D eigenvalue weighted by molar-refractivity contribution is -0.384. The van der Waals surface area contributed by atoms with E-state index in [1.165, 1.54) is 6.07 Å². The van der Waals surface area contributed by atoms with E-state index in [2.05, 4.69) is 5.32 Å². The number of anilines is 1. The molecule has 2 atom stereocenters. The molecule has 0 saturated carbocycles. The highest BCUT2D eigenvalue weighted by molar-refractivity contribution is 7.91. The van der Waals surface area contributed by atoms with Gasteiger partial charge in [-0.05, 0) is 6.07 Å². The van der Waals surface area contributed by atoms with E-state index < -0.39 is 38.6 Å². The second kappa shape index (κ2) is 4.32. The molecule has 0 aromatic heterocycles. The number of hydrogen-bond acceptors (Lipinski definition) is 6. The van der Waals surface area contributed by atoms with Crippen molar-refractivity contribution in [3.05, 3.63) is 28.3 Å². The molecule has 2 aliphatic rings. The van der Waals surface area contributed by atoms with Crippen LogP contribution in [-0.4, -0.2) is 48.1 Å². The zero-order valence-corrected chi connectivity index (χ0v) is 11.4. The largest absolute Gasteiger partial charge is 0.505 e. The summed E-state index contributed by atoms with van der Waals surface area (Å²) < 4.78 is 23.3. The van der Waals surface area contributed by atoms with Crippen molar-refractivity contribution in [3.8, 4) is 5.75 Å². The van der Waals surface area contributed by atoms with Crippen LogP contribution in [0.3, 0.4) is 0 Å². The lowest BCUT2D eigenvalue weighted by Crippen LogP contribution is -2.36. The number of phenolic OH excluding ortho intramolecular Hbond substituents is 1. The molecule has 2 fully saturated rings. The van der Waals surface area contributed by atoms with Crippen molar-refractivity contribution in [2.45, 2.75) is 12.1 Å². The molecule has 0 unspecified atom stereocenters. The fourth-order valence-corrected chi connectivity index (χ4v) is 4.61. The summed E-state index contributed by atoms with van der Waals surface area (Å²) in [6.45, 7) is 0. The fraction of sp³-hybridized carbons (Fsp3) is 0.364. The van der Waals surface area contributed by atoms with Crippen LogP contribution in [0.5, 0.6) is 5.75 Å². The van der Waals surface area contributed by atoms with Crippen LogP contribution in [0.15, 0.2) is 18.2 Å². The van der Waals surface area contributed by atoms with Crippen LogP contribution in [0.4, 0.5) is 16.2 Å². The Morgan fingerprint density at radius 3 is 2.71 bits per heavy atom. The maximum absolute atomic E-state index is 11.9. The van der Waals surface area contributed by atoms with Crippen LogP contribution in [0, 0.1) is 10.1 Å². The SMILES string of the molecule is O=C1N[C@H]2CS(=O)(=O)C[C@H]2N1c1ccc([N+](=O)[O-])cc1O. The molecule has 3 rings (SSSR count). The minimum atomic E-state index is -3.25. The third-order valence-corrected chi connectivity index (χ3v) is 5.33. The summed E-state index contributed by atoms with van der Waals surface area (Å²) in [5, 5.41) is 23.1. The molecule has 0 radical (unpaired) electrons. The first-order chi connectivity index (χ1) is 9.78. The average molecular weight is 313 g/mol. The summed E-state index contributed by atoms with van der Waals surface area (Å²) in [6.07, 6.45) is 0. The number of non-ortho nitro benzene ring substituents is 1. The van der Waals surface area contributed by atoms with Crippen LogP contribution in [-0.2, 0) is 9.84 Å². The van der Waals surface area contributed by atoms with Crippen molar-refractivity contribution < 1.29 is 23.2 Å². The number of nitrogens with zero attached hydrogens (tertiary/aromatic N) is 2. The van der Waals surface area contributed by atoms with Crippen LogP contribution in [0.2, 0.25) is 0 Å². The summed E-state index contributed by atoms with van der Waals surface area (Å²) in [4.78, 5) is 23.1. The smallest absolute Gasteiger partial charge is 0.322 e. The monoisotopic (exact) mass is 313 g/mol. The predicted molar refractivity (Wildman–Crippen MR) is 72.0 cm³/mol. The Labute approximate surface area is 119 Å². The van der Waals surface area contributed by atoms with E-state index in [-0.39, 0.29) is 22.9 Å². The Hall–Kier alpha value is -2.36. The summed E-state index contributed by atoms with van der Waals surface area (Å²) in [7, 11) is -3.25. The number of carbonyl (C=O) groups is 1. The average Bonchev–Trinajstić information content (AvgIpc) is 2.80. The second-order valence-electron chi connectivity index (χ2n) is 5.00. The van der Waals surface area contributed by atoms with Crippen LogP contribution in [0.1, 0.15) is 0 Å². The number of hydrogen-bond donors (Lipinski definition) is 2. The first-order valence-electron chi connectivity index (χ1n) is 6.06. The van der Waals surface area contributed by atoms with Gasteiger partial charge in [-0.25, -0.2) is 13.2 Å². The maximum Gasteiger partial charge on any atom is 0.322 e. The molecule has 0 bridgehead atoms. The van der Waals surface area contributed by atoms with Gasteiger partial charge in [0.05, 0.1) is 40.3 Å². The molecule has 2 aliphatic heterocycles. The number of carbonyl (C=O) groups excluding carboxylic acids is 1. The Balaban J connectivity index is 2.00. The number of nitro groups is 1. The summed E-state index contributed by atoms with van der Waals surface area (Å²) >= 11 is 0. The van der Waals surface area contributed by atoms with Gasteiger partial charge >= 0.3 is 6.03 Å². The Kier molecular flexibility index (Phi) is 2.80. The van der Waals surface area contributed by atoms with Gasteiger partial charge < -0.3 is 10.4 Å². The number of sulfone groups is 1. The number of fused-ring (bicyclic) bond motifs is 1. The number of amides is 2. The standard InChI is InChI=1S/C11H11N3O6S/c15-10-3-6(14(17)18)1-2-8(10)13-9-5-21(19,20)4-7(9)12-11(13)16/h1-3,7,9,15H,4-5H2,(H,12,16)/t7-,9+/m0/s1. The molecule has 0 aliphatic carbocycles. The first-order valence-corrected chi connectivity index (χ1v) is 7.88. The first kappa shape index (κ1) is 13.6. The maximum atomic E-state index is 11.9. The van der Waals surface area contributed by atoms with E-state index in [9.17, 15) is 28.4 Å². The summed E-state index contributed by atoms with van der Waals surface area (Å²) in [6, 6.07) is 1.65. The number of nitro benzene ring substituents is 1. The molecule has 1 aromatic carbocycles. The molecule has 2 N–H and O–H groups in total. The molecule has 2 heterocycles. The van der Waals surface area contributed by atoms with Crippen molar-refractivity contribution >= 4 is 27.2 Å². The third-order valence-electron chi connectivity index (χ3n) is 3.61. The molecule has 10 heteroatoms. The highest BCUT2D eigenvalue weighted by atomic mass is 32.2. The third kappa shape index (κ3) is 2.17. The number of nitrogens with one attached hydrogen (secondary N) is 1. The van der Waals surface area contributed by atoms with Gasteiger partial charge in [-0.15, -0.1) is 0 Å². The van der Waals surface area contributed by atoms with E-state index in [1.54, 1.807) is 0 Å². The summed E-state index contributed by atoms with van der Waals surface area (Å²) in [5.41, 5.74) is -0.255. The van der Waals surface area contributed by atoms with Gasteiger partial charge in [0.1, 0.15) is 5.75 Å². The Morgan fingerprint density at radius 2 is 2.10 bits per heavy atom. The van der Waals surface area contributed by atoms with Gasteiger partial charge in [-0.3, -0.25) is 15.0 Å². The lowest BCUT2D eigenvalue weighted by atomic mass is 10.1. The zero-order valence-electron chi connectivity index (χ0n) is 10.6. The van der Waals surface area contributed by atoms with Gasteiger partial charge in [0, 0.05) is 6.07 Å².